The molecular weight excluding hydrogens is 323 g/mol. The number of piperidine rings is 1. The molecule has 1 aliphatic rings. The summed E-state index contributed by atoms with van der Waals surface area (Å²) in [6, 6.07) is 5.22. The van der Waals surface area contributed by atoms with Crippen molar-refractivity contribution in [1.29, 1.82) is 0 Å². The maximum absolute atomic E-state index is 12.0. The van der Waals surface area contributed by atoms with Crippen molar-refractivity contribution < 1.29 is 14.4 Å². The molecule has 0 unspecified atom stereocenters. The lowest BCUT2D eigenvalue weighted by Crippen LogP contribution is -3.13. The van der Waals surface area contributed by atoms with Gasteiger partial charge in [-0.3, -0.25) is 4.79 Å². The molecule has 0 aliphatic carbocycles. The number of likely N-dealkylation sites (tertiary alicyclic amines) is 1. The maximum Gasteiger partial charge on any atom is 0.258 e. The minimum absolute atomic E-state index is 0.0244. The van der Waals surface area contributed by atoms with Crippen molar-refractivity contribution in [1.82, 2.24) is 5.32 Å². The third kappa shape index (κ3) is 5.34. The van der Waals surface area contributed by atoms with E-state index in [1.54, 1.807) is 23.1 Å². The van der Waals surface area contributed by atoms with Crippen LogP contribution in [-0.2, 0) is 4.79 Å². The number of amides is 1. The zero-order chi connectivity index (χ0) is 15.9. The highest BCUT2D eigenvalue weighted by Crippen LogP contribution is 2.27. The van der Waals surface area contributed by atoms with Crippen molar-refractivity contribution in [3.63, 3.8) is 0 Å². The monoisotopic (exact) mass is 345 g/mol. The lowest BCUT2D eigenvalue weighted by Gasteiger charge is -2.29. The van der Waals surface area contributed by atoms with Gasteiger partial charge in [-0.15, -0.1) is 0 Å². The minimum atomic E-state index is -0.102. The molecule has 1 heterocycles. The van der Waals surface area contributed by atoms with E-state index in [0.29, 0.717) is 15.8 Å². The fraction of sp³-hybridized carbons (Fsp3) is 0.562. The highest BCUT2D eigenvalue weighted by molar-refractivity contribution is 6.35. The Morgan fingerprint density at radius 3 is 2.73 bits per heavy atom. The van der Waals surface area contributed by atoms with Gasteiger partial charge in [0.1, 0.15) is 5.75 Å². The van der Waals surface area contributed by atoms with E-state index in [4.69, 9.17) is 27.9 Å². The molecule has 6 heteroatoms. The summed E-state index contributed by atoms with van der Waals surface area (Å²) in [5, 5.41) is 3.99. The van der Waals surface area contributed by atoms with E-state index in [1.807, 2.05) is 0 Å². The summed E-state index contributed by atoms with van der Waals surface area (Å²) in [5.74, 6) is 0.374. The summed E-state index contributed by atoms with van der Waals surface area (Å²) in [6.45, 7) is 5.66. The fourth-order valence-electron chi connectivity index (χ4n) is 2.78. The van der Waals surface area contributed by atoms with Gasteiger partial charge >= 0.3 is 0 Å². The van der Waals surface area contributed by atoms with Crippen molar-refractivity contribution in [2.24, 2.45) is 0 Å². The Morgan fingerprint density at radius 1 is 1.36 bits per heavy atom. The number of nitrogens with one attached hydrogen (secondary N) is 2. The lowest BCUT2D eigenvalue weighted by atomic mass is 10.0. The van der Waals surface area contributed by atoms with E-state index in [9.17, 15) is 4.79 Å². The van der Waals surface area contributed by atoms with Gasteiger partial charge in [0.2, 0.25) is 0 Å². The summed E-state index contributed by atoms with van der Waals surface area (Å²) in [7, 11) is 0. The zero-order valence-electron chi connectivity index (χ0n) is 12.8. The Bertz CT molecular complexity index is 503. The van der Waals surface area contributed by atoms with Gasteiger partial charge < -0.3 is 15.0 Å². The molecule has 0 atom stereocenters. The van der Waals surface area contributed by atoms with E-state index in [-0.39, 0.29) is 18.6 Å². The number of quaternary nitrogens is 1. The van der Waals surface area contributed by atoms with Gasteiger partial charge in [-0.25, -0.2) is 0 Å². The first-order chi connectivity index (χ1) is 10.6. The molecule has 1 amide bonds. The van der Waals surface area contributed by atoms with Crippen LogP contribution in [0, 0.1) is 0 Å². The summed E-state index contributed by atoms with van der Waals surface area (Å²) >= 11 is 11.8. The SMILES string of the molecule is CCC[NH+]1CCC(NC(=O)COc2ccc(Cl)cc2Cl)CC1. The summed E-state index contributed by atoms with van der Waals surface area (Å²) in [5.41, 5.74) is 0. The Balaban J connectivity index is 1.72. The number of benzene rings is 1. The largest absolute Gasteiger partial charge is 0.482 e. The van der Waals surface area contributed by atoms with Crippen LogP contribution in [0.4, 0.5) is 0 Å². The van der Waals surface area contributed by atoms with Gasteiger partial charge in [0.25, 0.3) is 5.91 Å². The van der Waals surface area contributed by atoms with Gasteiger partial charge in [0.05, 0.1) is 24.7 Å². The highest BCUT2D eigenvalue weighted by atomic mass is 35.5. The molecule has 0 radical (unpaired) electrons. The van der Waals surface area contributed by atoms with E-state index in [2.05, 4.69) is 12.2 Å². The number of rotatable bonds is 6. The van der Waals surface area contributed by atoms with E-state index in [1.165, 1.54) is 13.0 Å². The molecule has 0 saturated carbocycles. The van der Waals surface area contributed by atoms with Crippen LogP contribution < -0.4 is 15.0 Å². The molecule has 2 rings (SSSR count). The fourth-order valence-corrected chi connectivity index (χ4v) is 3.24. The molecule has 1 saturated heterocycles. The van der Waals surface area contributed by atoms with Gasteiger partial charge in [0.15, 0.2) is 6.61 Å². The smallest absolute Gasteiger partial charge is 0.258 e. The van der Waals surface area contributed by atoms with Crippen LogP contribution in [0.3, 0.4) is 0 Å². The predicted molar refractivity (Wildman–Crippen MR) is 89.0 cm³/mol. The topological polar surface area (TPSA) is 42.8 Å². The number of hydrogen-bond donors (Lipinski definition) is 2. The van der Waals surface area contributed by atoms with Crippen LogP contribution in [0.1, 0.15) is 26.2 Å². The number of halogens is 2. The average Bonchev–Trinajstić information content (AvgIpc) is 2.49. The molecular formula is C16H23Cl2N2O2+. The van der Waals surface area contributed by atoms with E-state index < -0.39 is 0 Å². The minimum Gasteiger partial charge on any atom is -0.482 e. The third-order valence-electron chi connectivity index (χ3n) is 3.91. The lowest BCUT2D eigenvalue weighted by molar-refractivity contribution is -0.905. The van der Waals surface area contributed by atoms with Crippen molar-refractivity contribution >= 4 is 29.1 Å². The number of hydrogen-bond acceptors (Lipinski definition) is 2. The standard InChI is InChI=1S/C16H22Cl2N2O2/c1-2-7-20-8-5-13(6-9-20)19-16(21)11-22-15-4-3-12(17)10-14(15)18/h3-4,10,13H,2,5-9,11H2,1H3,(H,19,21)/p+1. The van der Waals surface area contributed by atoms with Gasteiger partial charge in [-0.2, -0.15) is 0 Å². The Labute approximate surface area is 141 Å². The Kier molecular flexibility index (Phi) is 6.80. The van der Waals surface area contributed by atoms with E-state index in [0.717, 1.165) is 25.9 Å². The first kappa shape index (κ1) is 17.4. The maximum atomic E-state index is 12.0. The van der Waals surface area contributed by atoms with Crippen LogP contribution in [0.2, 0.25) is 10.0 Å². The van der Waals surface area contributed by atoms with Gasteiger partial charge in [0, 0.05) is 23.9 Å². The molecule has 0 aromatic heterocycles. The highest BCUT2D eigenvalue weighted by Gasteiger charge is 2.22. The third-order valence-corrected chi connectivity index (χ3v) is 4.44. The second kappa shape index (κ2) is 8.61. The molecule has 0 bridgehead atoms. The second-order valence-electron chi connectivity index (χ2n) is 5.71. The van der Waals surface area contributed by atoms with Gasteiger partial charge in [-0.05, 0) is 24.6 Å². The molecule has 122 valence electrons. The average molecular weight is 346 g/mol. The summed E-state index contributed by atoms with van der Waals surface area (Å²) in [6.07, 6.45) is 3.27. The number of ether oxygens (including phenoxy) is 1. The van der Waals surface area contributed by atoms with Crippen LogP contribution in [-0.4, -0.2) is 38.2 Å². The summed E-state index contributed by atoms with van der Waals surface area (Å²) in [4.78, 5) is 13.6. The molecule has 0 spiro atoms. The first-order valence-electron chi connectivity index (χ1n) is 7.79. The Morgan fingerprint density at radius 2 is 2.09 bits per heavy atom. The molecule has 4 nitrogen and oxygen atoms in total. The van der Waals surface area contributed by atoms with Crippen molar-refractivity contribution in [3.05, 3.63) is 28.2 Å². The van der Waals surface area contributed by atoms with Crippen LogP contribution >= 0.6 is 23.2 Å². The molecule has 1 aromatic rings. The molecule has 22 heavy (non-hydrogen) atoms. The van der Waals surface area contributed by atoms with Gasteiger partial charge in [-0.1, -0.05) is 30.1 Å². The van der Waals surface area contributed by atoms with Crippen LogP contribution in [0.25, 0.3) is 0 Å². The quantitative estimate of drug-likeness (QED) is 0.827. The predicted octanol–water partition coefficient (Wildman–Crippen LogP) is 1.95. The molecule has 1 aromatic carbocycles. The molecule has 2 N–H and O–H groups in total. The molecule has 1 aliphatic heterocycles. The summed E-state index contributed by atoms with van der Waals surface area (Å²) < 4.78 is 5.45. The first-order valence-corrected chi connectivity index (χ1v) is 8.55. The van der Waals surface area contributed by atoms with Crippen molar-refractivity contribution in [3.8, 4) is 5.75 Å². The van der Waals surface area contributed by atoms with Crippen molar-refractivity contribution in [2.75, 3.05) is 26.2 Å². The van der Waals surface area contributed by atoms with E-state index >= 15 is 0 Å². The van der Waals surface area contributed by atoms with Crippen LogP contribution in [0.15, 0.2) is 18.2 Å². The normalized spacial score (nSPS) is 21.4. The second-order valence-corrected chi connectivity index (χ2v) is 6.55. The number of carbonyl (C=O) groups is 1. The Hall–Kier alpha value is -0.970. The zero-order valence-corrected chi connectivity index (χ0v) is 14.3. The van der Waals surface area contributed by atoms with Crippen LogP contribution in [0.5, 0.6) is 5.75 Å². The molecule has 1 fully saturated rings. The van der Waals surface area contributed by atoms with Crippen molar-refractivity contribution in [2.45, 2.75) is 32.2 Å². The number of carbonyl (C=O) groups excluding carboxylic acids is 1.